The van der Waals surface area contributed by atoms with Crippen LogP contribution in [0.2, 0.25) is 0 Å². The van der Waals surface area contributed by atoms with Gasteiger partial charge in [0.05, 0.1) is 0 Å². The van der Waals surface area contributed by atoms with Crippen molar-refractivity contribution in [1.82, 2.24) is 32.3 Å². The molecule has 0 spiro atoms. The number of hydrazone groups is 4. The Balaban J connectivity index is 5.71. The van der Waals surface area contributed by atoms with Gasteiger partial charge in [0.25, 0.3) is 11.8 Å². The van der Waals surface area contributed by atoms with E-state index < -0.39 is 59.5 Å². The lowest BCUT2D eigenvalue weighted by molar-refractivity contribution is -0.131. The average molecular weight is 1510 g/mol. The van der Waals surface area contributed by atoms with Gasteiger partial charge in [0.15, 0.2) is 5.96 Å². The third-order valence-electron chi connectivity index (χ3n) is 20.7. The molecular weight excluding hydrogens is 1340 g/mol. The third kappa shape index (κ3) is 75.9. The summed E-state index contributed by atoms with van der Waals surface area (Å²) >= 11 is 0. The van der Waals surface area contributed by atoms with Gasteiger partial charge in [-0.15, -0.1) is 0 Å². The summed E-state index contributed by atoms with van der Waals surface area (Å²) in [6.45, 7) is 9.05. The summed E-state index contributed by atoms with van der Waals surface area (Å²) in [4.78, 5) is 85.8. The van der Waals surface area contributed by atoms with Gasteiger partial charge >= 0.3 is 0 Å². The van der Waals surface area contributed by atoms with Crippen molar-refractivity contribution in [3.63, 3.8) is 0 Å². The number of amides is 6. The number of hydrogen-bond donors (Lipinski definition) is 8. The number of nitrogens with zero attached hydrogens (tertiary/aromatic N) is 5. The first-order valence-corrected chi connectivity index (χ1v) is 45.4. The Morgan fingerprint density at radius 2 is 0.458 bits per heavy atom. The minimum absolute atomic E-state index is 0.0540. The van der Waals surface area contributed by atoms with Crippen LogP contribution in [0.15, 0.2) is 25.4 Å². The Morgan fingerprint density at radius 1 is 0.252 bits per heavy atom. The van der Waals surface area contributed by atoms with E-state index in [1.165, 1.54) is 321 Å². The maximum absolute atomic E-state index is 14.1. The molecule has 0 aliphatic carbocycles. The molecule has 6 amide bonds. The summed E-state index contributed by atoms with van der Waals surface area (Å²) in [6, 6.07) is -3.72. The maximum Gasteiger partial charge on any atom is 0.262 e. The zero-order valence-electron chi connectivity index (χ0n) is 69.9. The number of nitrogens with two attached hydrogens (primary N) is 2. The molecule has 3 atom stereocenters. The van der Waals surface area contributed by atoms with Crippen molar-refractivity contribution in [1.29, 1.82) is 0 Å². The summed E-state index contributed by atoms with van der Waals surface area (Å²) in [5.41, 5.74) is 22.0. The maximum atomic E-state index is 14.1. The van der Waals surface area contributed by atoms with E-state index in [0.29, 0.717) is 12.8 Å². The minimum Gasteiger partial charge on any atom is -0.370 e. The Kier molecular flexibility index (Phi) is 79.2. The van der Waals surface area contributed by atoms with Gasteiger partial charge in [-0.05, 0) is 70.6 Å². The van der Waals surface area contributed by atoms with Crippen molar-refractivity contribution in [3.05, 3.63) is 0 Å². The number of rotatable bonds is 83. The highest BCUT2D eigenvalue weighted by molar-refractivity contribution is 5.93. The molecule has 0 fully saturated rings. The van der Waals surface area contributed by atoms with Crippen LogP contribution < -0.4 is 43.8 Å². The molecule has 0 aromatic rings. The van der Waals surface area contributed by atoms with Gasteiger partial charge < -0.3 is 22.1 Å². The van der Waals surface area contributed by atoms with Gasteiger partial charge in [0, 0.05) is 44.1 Å². The van der Waals surface area contributed by atoms with Crippen LogP contribution in [0.25, 0.3) is 0 Å². The first-order chi connectivity index (χ1) is 52.5. The summed E-state index contributed by atoms with van der Waals surface area (Å²) in [6.07, 6.45) is 85.2. The fraction of sp³-hybridized carbons (Fsp3) is 0.875. The van der Waals surface area contributed by atoms with Crippen molar-refractivity contribution in [2.45, 2.75) is 495 Å². The lowest BCUT2D eigenvalue weighted by Gasteiger charge is -2.20. The van der Waals surface area contributed by atoms with E-state index in [9.17, 15) is 28.8 Å². The van der Waals surface area contributed by atoms with Gasteiger partial charge in [-0.1, -0.05) is 387 Å². The van der Waals surface area contributed by atoms with E-state index in [1.54, 1.807) is 24.9 Å². The second-order valence-electron chi connectivity index (χ2n) is 31.1. The second kappa shape index (κ2) is 83.2. The highest BCUT2D eigenvalue weighted by Crippen LogP contribution is 2.19. The van der Waals surface area contributed by atoms with Gasteiger partial charge in [0.2, 0.25) is 23.6 Å². The van der Waals surface area contributed by atoms with Crippen LogP contribution in [0.1, 0.15) is 477 Å². The van der Waals surface area contributed by atoms with Crippen molar-refractivity contribution >= 4 is 66.3 Å². The van der Waals surface area contributed by atoms with Crippen LogP contribution in [-0.4, -0.2) is 84.4 Å². The van der Waals surface area contributed by atoms with E-state index >= 15 is 0 Å². The van der Waals surface area contributed by atoms with Crippen molar-refractivity contribution in [3.8, 4) is 0 Å². The van der Waals surface area contributed by atoms with Crippen molar-refractivity contribution in [2.24, 2.45) is 36.9 Å². The van der Waals surface area contributed by atoms with E-state index in [0.717, 1.165) is 77.0 Å². The quantitative estimate of drug-likeness (QED) is 0.0125. The van der Waals surface area contributed by atoms with Crippen LogP contribution in [0.3, 0.4) is 0 Å². The van der Waals surface area contributed by atoms with Crippen LogP contribution in [0, 0.1) is 0 Å². The first-order valence-electron chi connectivity index (χ1n) is 45.4. The molecule has 0 aromatic heterocycles. The molecule has 0 saturated heterocycles. The predicted molar refractivity (Wildman–Crippen MR) is 456 cm³/mol. The van der Waals surface area contributed by atoms with Crippen LogP contribution >= 0.6 is 0 Å². The average Bonchev–Trinajstić information content (AvgIpc) is 0.885. The number of carbonyl (C=O) groups excluding carboxylic acids is 6. The zero-order chi connectivity index (χ0) is 77.9. The largest absolute Gasteiger partial charge is 0.370 e. The van der Waals surface area contributed by atoms with E-state index in [1.807, 2.05) is 0 Å². The molecule has 19 nitrogen and oxygen atoms in total. The smallest absolute Gasteiger partial charge is 0.262 e. The molecular formula is C88H169N13O6. The summed E-state index contributed by atoms with van der Waals surface area (Å²) in [5, 5.41) is 22.2. The molecule has 622 valence electrons. The molecule has 0 unspecified atom stereocenters. The summed E-state index contributed by atoms with van der Waals surface area (Å²) < 4.78 is 0. The lowest BCUT2D eigenvalue weighted by atomic mass is 10.0. The fourth-order valence-electron chi connectivity index (χ4n) is 13.7. The van der Waals surface area contributed by atoms with E-state index in [-0.39, 0.29) is 38.5 Å². The Bertz CT molecular complexity index is 2190. The SMILES string of the molecule is CCCCCCCCCCCCCCCCC/C=N/NC(=O)CC[C@H](NC(=O)CC[C@H](N=C(N)N)C(=O)N[C@@H](CCC(=O)N/N=C/CCCCCCCCCCCCCCCCC)C(=O)N/N=C/CCCCCCCCCCCCCCCCC)C(=O)N/N=C/CCCCCCCCCCCCCCCCC. The molecule has 0 bridgehead atoms. The monoisotopic (exact) mass is 1500 g/mol. The molecule has 10 N–H and O–H groups in total. The molecule has 19 heteroatoms. The summed E-state index contributed by atoms with van der Waals surface area (Å²) in [5.74, 6) is -3.87. The standard InChI is InChI=1S/C88H169N13O6/c1-5-9-13-17-21-25-29-33-37-41-45-49-53-57-61-65-75-91-98-83(103)73-70-80(86(106)100-93-77-67-63-59-55-51-47-43-39-35-31-27-23-19-15-11-7-3)95-82(102)72-69-79(97-88(89)90)85(105)96-81(87(107)101-94-78-68-64-60-56-52-48-44-40-36-32-28-24-20-16-12-8-4)71-74-84(104)99-92-76-66-62-58-54-50-46-42-38-34-30-26-22-18-14-10-6-2/h75-81H,5-74H2,1-4H3,(H,95,102)(H,96,105)(H,98,103)(H,99,104)(H,100,106)(H,101,107)(H4,89,90,97)/b91-75+,92-76+,93-77+,94-78+/t79-,80-,81-/m0/s1. The summed E-state index contributed by atoms with van der Waals surface area (Å²) in [7, 11) is 0. The predicted octanol–water partition coefficient (Wildman–Crippen LogP) is 22.4. The number of carbonyl (C=O) groups is 6. The second-order valence-corrected chi connectivity index (χ2v) is 31.1. The Hall–Kier alpha value is -5.23. The van der Waals surface area contributed by atoms with Gasteiger partial charge in [-0.3, -0.25) is 28.8 Å². The van der Waals surface area contributed by atoms with Crippen LogP contribution in [0.4, 0.5) is 0 Å². The Morgan fingerprint density at radius 3 is 0.692 bits per heavy atom. The normalized spacial score (nSPS) is 12.5. The Labute approximate surface area is 656 Å². The highest BCUT2D eigenvalue weighted by atomic mass is 16.2. The molecule has 0 aromatic carbocycles. The van der Waals surface area contributed by atoms with E-state index in [4.69, 9.17) is 11.5 Å². The van der Waals surface area contributed by atoms with Gasteiger partial charge in [0.1, 0.15) is 18.1 Å². The van der Waals surface area contributed by atoms with Gasteiger partial charge in [-0.25, -0.2) is 26.7 Å². The first kappa shape index (κ1) is 102. The van der Waals surface area contributed by atoms with Crippen molar-refractivity contribution in [2.75, 3.05) is 0 Å². The van der Waals surface area contributed by atoms with Crippen LogP contribution in [-0.2, 0) is 28.8 Å². The molecule has 0 rings (SSSR count). The topological polar surface area (TPSA) is 288 Å². The molecule has 0 saturated carbocycles. The minimum atomic E-state index is -1.33. The zero-order valence-corrected chi connectivity index (χ0v) is 69.9. The number of guanidine groups is 1. The highest BCUT2D eigenvalue weighted by Gasteiger charge is 2.28. The number of hydrogen-bond acceptors (Lipinski definition) is 11. The fourth-order valence-corrected chi connectivity index (χ4v) is 13.7. The van der Waals surface area contributed by atoms with Crippen LogP contribution in [0.5, 0.6) is 0 Å². The van der Waals surface area contributed by atoms with Gasteiger partial charge in [-0.2, -0.15) is 20.4 Å². The number of nitrogens with one attached hydrogen (secondary N) is 6. The van der Waals surface area contributed by atoms with E-state index in [2.05, 4.69) is 85.4 Å². The molecule has 0 aliphatic rings. The molecule has 0 radical (unpaired) electrons. The number of aliphatic imine (C=N–C) groups is 1. The molecule has 0 heterocycles. The lowest BCUT2D eigenvalue weighted by Crippen LogP contribution is -2.49. The number of unbranched alkanes of at least 4 members (excludes halogenated alkanes) is 60. The third-order valence-corrected chi connectivity index (χ3v) is 20.7. The van der Waals surface area contributed by atoms with Crippen molar-refractivity contribution < 1.29 is 28.8 Å². The molecule has 107 heavy (non-hydrogen) atoms. The molecule has 0 aliphatic heterocycles.